The molecule has 0 unspecified atom stereocenters. The standard InChI is InChI=1S/C70H90N10O10/c1-53(62(49-72)50-73)57-13-15-59(16-14-57)68(58-11-7-5-8-12-58)69(60-17-21-63(22-18-60)89-66(83)29-41-78-37-25-55(26-38-78)51-87-54(2)81)61-19-23-64(24-20-61)90-67(84)30-42-79-39-27-56(28-40-79)52-88-70(85)76-33-9-6-10-36-77(45-35-75-65(82)31-48-86-4)46-47-80(43-32-71)44-34-74-3/h5,7-8,11-24,29-30,41-42,55-56,74H,6,9-10,25-28,31-40,43-48,51-52,71H2,1-4H3,(H,75,82)(H,76,85)/b41-29+,42-30+,69-68-. The number of nitrogens with zero attached hydrogens (tertiary/aromatic N) is 6. The summed E-state index contributed by atoms with van der Waals surface area (Å²) in [4.78, 5) is 71.3. The highest BCUT2D eigenvalue weighted by atomic mass is 16.6. The number of nitrogens with one attached hydrogen (secondary N) is 3. The van der Waals surface area contributed by atoms with Crippen LogP contribution >= 0.6 is 0 Å². The Balaban J connectivity index is 1.02. The Morgan fingerprint density at radius 1 is 0.589 bits per heavy atom. The molecule has 6 rings (SSSR count). The van der Waals surface area contributed by atoms with Gasteiger partial charge in [0.25, 0.3) is 0 Å². The van der Waals surface area contributed by atoms with Gasteiger partial charge in [0.15, 0.2) is 0 Å². The SMILES string of the molecule is CNCCN(CCN)CCN(CCCCCNC(=O)OCC1CCN(/C=C/C(=O)Oc2ccc(/C(=C(/c3ccccc3)c3ccc(C(C)=C(C#N)C#N)cc3)c3ccc(OC(=O)/C=C/N4CCC(COC(C)=O)CC4)cc3)cc2)CC1)CCNC(=O)CCOC. The van der Waals surface area contributed by atoms with Crippen LogP contribution in [-0.2, 0) is 33.4 Å². The van der Waals surface area contributed by atoms with Gasteiger partial charge in [-0.2, -0.15) is 10.5 Å². The van der Waals surface area contributed by atoms with Gasteiger partial charge in [0.05, 0.1) is 19.8 Å². The average molecular weight is 1230 g/mol. The highest BCUT2D eigenvalue weighted by Gasteiger charge is 2.22. The van der Waals surface area contributed by atoms with Crippen LogP contribution in [-0.4, -0.2) is 175 Å². The molecule has 2 amide bonds. The largest absolute Gasteiger partial charge is 0.466 e. The minimum atomic E-state index is -0.533. The molecule has 0 bridgehead atoms. The topological polar surface area (TPSA) is 254 Å². The van der Waals surface area contributed by atoms with E-state index in [9.17, 15) is 34.5 Å². The van der Waals surface area contributed by atoms with Crippen molar-refractivity contribution in [2.45, 2.75) is 65.2 Å². The molecule has 480 valence electrons. The number of unbranched alkanes of at least 4 members (excludes halogenated alkanes) is 2. The summed E-state index contributed by atoms with van der Waals surface area (Å²) in [7, 11) is 3.53. The van der Waals surface area contributed by atoms with E-state index in [2.05, 4.69) is 35.6 Å². The first-order valence-electron chi connectivity index (χ1n) is 31.3. The number of carbonyl (C=O) groups is 5. The van der Waals surface area contributed by atoms with Gasteiger partial charge in [-0.25, -0.2) is 14.4 Å². The first-order valence-corrected chi connectivity index (χ1v) is 31.3. The number of alkyl carbamates (subject to hydrolysis) is 1. The van der Waals surface area contributed by atoms with Gasteiger partial charge in [-0.15, -0.1) is 0 Å². The molecule has 2 saturated heterocycles. The number of likely N-dealkylation sites (tertiary alicyclic amines) is 2. The maximum atomic E-state index is 13.3. The minimum Gasteiger partial charge on any atom is -0.466 e. The van der Waals surface area contributed by atoms with E-state index in [1.807, 2.05) is 98.0 Å². The Bertz CT molecular complexity index is 3090. The fraction of sp³-hybridized carbons (Fsp3) is 0.443. The number of allylic oxidation sites excluding steroid dienone is 2. The fourth-order valence-corrected chi connectivity index (χ4v) is 10.6. The van der Waals surface area contributed by atoms with Gasteiger partial charge < -0.3 is 60.1 Å². The molecule has 0 atom stereocenters. The molecule has 2 fully saturated rings. The molecule has 4 aromatic carbocycles. The lowest BCUT2D eigenvalue weighted by Crippen LogP contribution is -2.42. The van der Waals surface area contributed by atoms with Crippen molar-refractivity contribution in [3.8, 4) is 23.6 Å². The predicted octanol–water partition coefficient (Wildman–Crippen LogP) is 8.17. The lowest BCUT2D eigenvalue weighted by molar-refractivity contribution is -0.142. The Hall–Kier alpha value is -8.63. The average Bonchev–Trinajstić information content (AvgIpc) is 1.01. The van der Waals surface area contributed by atoms with Crippen LogP contribution in [0.4, 0.5) is 4.79 Å². The number of amides is 2. The summed E-state index contributed by atoms with van der Waals surface area (Å²) in [6, 6.07) is 36.2. The van der Waals surface area contributed by atoms with Crippen LogP contribution in [0.15, 0.2) is 133 Å². The second-order valence-electron chi connectivity index (χ2n) is 22.5. The molecular weight excluding hydrogens is 1140 g/mol. The Labute approximate surface area is 531 Å². The highest BCUT2D eigenvalue weighted by Crippen LogP contribution is 2.39. The number of nitrogens with two attached hydrogens (primary N) is 1. The van der Waals surface area contributed by atoms with Crippen LogP contribution in [0.2, 0.25) is 0 Å². The fourth-order valence-electron chi connectivity index (χ4n) is 10.6. The normalized spacial score (nSPS) is 14.0. The number of hydrogen-bond donors (Lipinski definition) is 4. The lowest BCUT2D eigenvalue weighted by atomic mass is 9.85. The van der Waals surface area contributed by atoms with Crippen molar-refractivity contribution in [2.75, 3.05) is 126 Å². The summed E-state index contributed by atoms with van der Waals surface area (Å²) in [5, 5.41) is 28.3. The van der Waals surface area contributed by atoms with Crippen LogP contribution in [0.3, 0.4) is 0 Å². The van der Waals surface area contributed by atoms with Crippen molar-refractivity contribution in [3.05, 3.63) is 161 Å². The monoisotopic (exact) mass is 1230 g/mol. The number of carbonyl (C=O) groups excluding carboxylic acids is 5. The number of rotatable bonds is 35. The number of benzene rings is 4. The van der Waals surface area contributed by atoms with Crippen molar-refractivity contribution >= 4 is 46.6 Å². The van der Waals surface area contributed by atoms with Gasteiger partial charge in [0.1, 0.15) is 29.2 Å². The zero-order valence-corrected chi connectivity index (χ0v) is 52.8. The third-order valence-corrected chi connectivity index (χ3v) is 15.9. The van der Waals surface area contributed by atoms with Crippen LogP contribution in [0.25, 0.3) is 16.7 Å². The summed E-state index contributed by atoms with van der Waals surface area (Å²) in [6.45, 7) is 14.8. The lowest BCUT2D eigenvalue weighted by Gasteiger charge is -2.30. The van der Waals surface area contributed by atoms with Crippen LogP contribution in [0.5, 0.6) is 11.5 Å². The zero-order valence-electron chi connectivity index (χ0n) is 52.8. The summed E-state index contributed by atoms with van der Waals surface area (Å²) in [5.41, 5.74) is 12.3. The first kappa shape index (κ1) is 70.5. The van der Waals surface area contributed by atoms with Crippen molar-refractivity contribution < 1.29 is 47.7 Å². The molecule has 4 aromatic rings. The summed E-state index contributed by atoms with van der Waals surface area (Å²) < 4.78 is 27.4. The van der Waals surface area contributed by atoms with Crippen molar-refractivity contribution in [1.82, 2.24) is 35.6 Å². The number of esters is 3. The molecule has 0 aliphatic carbocycles. The number of methoxy groups -OCH3 is 1. The molecule has 0 spiro atoms. The second-order valence-corrected chi connectivity index (χ2v) is 22.5. The van der Waals surface area contributed by atoms with E-state index in [1.54, 1.807) is 50.7 Å². The third-order valence-electron chi connectivity index (χ3n) is 15.9. The maximum absolute atomic E-state index is 13.3. The highest BCUT2D eigenvalue weighted by molar-refractivity contribution is 6.05. The molecule has 2 heterocycles. The molecule has 20 nitrogen and oxygen atoms in total. The molecule has 0 saturated carbocycles. The quantitative estimate of drug-likeness (QED) is 0.00846. The first-order chi connectivity index (χ1) is 43.8. The molecule has 0 radical (unpaired) electrons. The van der Waals surface area contributed by atoms with Gasteiger partial charge in [-0.05, 0) is 140 Å². The van der Waals surface area contributed by atoms with Crippen molar-refractivity contribution in [1.29, 1.82) is 10.5 Å². The van der Waals surface area contributed by atoms with Crippen LogP contribution < -0.4 is 31.2 Å². The van der Waals surface area contributed by atoms with Crippen molar-refractivity contribution in [3.63, 3.8) is 0 Å². The summed E-state index contributed by atoms with van der Waals surface area (Å²) >= 11 is 0. The Kier molecular flexibility index (Phi) is 30.8. The molecule has 20 heteroatoms. The van der Waals surface area contributed by atoms with Gasteiger partial charge in [0.2, 0.25) is 5.91 Å². The molecule has 0 aromatic heterocycles. The predicted molar refractivity (Wildman–Crippen MR) is 348 cm³/mol. The third kappa shape index (κ3) is 24.7. The smallest absolute Gasteiger partial charge is 0.407 e. The van der Waals surface area contributed by atoms with E-state index in [-0.39, 0.29) is 29.3 Å². The number of likely N-dealkylation sites (N-methyl/N-ethyl adjacent to an activating group) is 1. The minimum absolute atomic E-state index is 0.0190. The summed E-state index contributed by atoms with van der Waals surface area (Å²) in [6.07, 6.45) is 12.2. The van der Waals surface area contributed by atoms with E-state index in [4.69, 9.17) is 29.4 Å². The van der Waals surface area contributed by atoms with Gasteiger partial charge in [-0.1, -0.05) is 85.3 Å². The maximum Gasteiger partial charge on any atom is 0.407 e. The molecule has 2 aliphatic rings. The zero-order chi connectivity index (χ0) is 64.3. The number of piperidine rings is 2. The second kappa shape index (κ2) is 39.4. The molecule has 90 heavy (non-hydrogen) atoms. The van der Waals surface area contributed by atoms with Crippen LogP contribution in [0.1, 0.15) is 93.0 Å². The molecule has 5 N–H and O–H groups in total. The van der Waals surface area contributed by atoms with E-state index in [1.165, 1.54) is 19.1 Å². The Morgan fingerprint density at radius 2 is 1.08 bits per heavy atom. The van der Waals surface area contributed by atoms with Crippen LogP contribution in [0, 0.1) is 34.5 Å². The molecular formula is C70H90N10O10. The van der Waals surface area contributed by atoms with E-state index in [0.717, 1.165) is 143 Å². The number of hydrogen-bond acceptors (Lipinski definition) is 18. The summed E-state index contributed by atoms with van der Waals surface area (Å²) in [5.74, 6) is -0.177. The van der Waals surface area contributed by atoms with Gasteiger partial charge >= 0.3 is 24.0 Å². The van der Waals surface area contributed by atoms with Gasteiger partial charge in [-0.3, -0.25) is 14.5 Å². The van der Waals surface area contributed by atoms with Crippen molar-refractivity contribution in [2.24, 2.45) is 17.6 Å². The van der Waals surface area contributed by atoms with E-state index < -0.39 is 18.0 Å². The van der Waals surface area contributed by atoms with E-state index in [0.29, 0.717) is 76.0 Å². The molecule has 2 aliphatic heterocycles. The Morgan fingerprint density at radius 3 is 1.58 bits per heavy atom. The van der Waals surface area contributed by atoms with E-state index >= 15 is 0 Å². The van der Waals surface area contributed by atoms with Gasteiger partial charge in [0, 0.05) is 130 Å². The number of ether oxygens (including phenoxy) is 5. The number of nitriles is 2.